The first-order chi connectivity index (χ1) is 11.5. The Morgan fingerprint density at radius 3 is 2.46 bits per heavy atom. The third-order valence-electron chi connectivity index (χ3n) is 2.80. The van der Waals surface area contributed by atoms with Crippen LogP contribution < -0.4 is 15.4 Å². The number of hydrogen-bond donors (Lipinski definition) is 2. The number of amides is 2. The maximum Gasteiger partial charge on any atom is 0.417 e. The molecule has 0 saturated carbocycles. The minimum Gasteiger partial charge on any atom is -0.410 e. The molecule has 0 heterocycles. The summed E-state index contributed by atoms with van der Waals surface area (Å²) in [5, 5.41) is 5.90. The minimum absolute atomic E-state index is 0.269. The van der Waals surface area contributed by atoms with Crippen LogP contribution in [-0.4, -0.2) is 12.0 Å². The highest BCUT2D eigenvalue weighted by Crippen LogP contribution is 2.25. The second-order valence-corrected chi connectivity index (χ2v) is 5.47. The number of ether oxygens (including phenoxy) is 1. The molecule has 24 heavy (non-hydrogen) atoms. The number of benzene rings is 2. The fraction of sp³-hybridized carbons (Fsp3) is 0.0588. The van der Waals surface area contributed by atoms with Gasteiger partial charge in [0.15, 0.2) is 0 Å². The zero-order valence-corrected chi connectivity index (χ0v) is 14.2. The summed E-state index contributed by atoms with van der Waals surface area (Å²) in [7, 11) is 0. The van der Waals surface area contributed by atoms with Crippen LogP contribution in [0.15, 0.2) is 54.6 Å². The predicted molar refractivity (Wildman–Crippen MR) is 96.0 cm³/mol. The summed E-state index contributed by atoms with van der Waals surface area (Å²) in [5.74, 6) is 0.0146. The quantitative estimate of drug-likeness (QED) is 0.739. The van der Waals surface area contributed by atoms with Gasteiger partial charge in [0.05, 0.1) is 10.0 Å². The average molecular weight is 365 g/mol. The van der Waals surface area contributed by atoms with E-state index in [-0.39, 0.29) is 11.7 Å². The number of anilines is 2. The van der Waals surface area contributed by atoms with E-state index in [0.29, 0.717) is 21.4 Å². The fourth-order valence-corrected chi connectivity index (χ4v) is 2.10. The van der Waals surface area contributed by atoms with Gasteiger partial charge in [-0.05, 0) is 43.3 Å². The number of carbonyl (C=O) groups excluding carboxylic acids is 2. The summed E-state index contributed by atoms with van der Waals surface area (Å²) in [6.07, 6.45) is 2.33. The zero-order chi connectivity index (χ0) is 17.5. The van der Waals surface area contributed by atoms with Crippen molar-refractivity contribution >= 4 is 46.6 Å². The standard InChI is InChI=1S/C17H14Cl2N2O3/c1-2-4-16(22)20-11-5-3-6-13(9-11)24-17(23)21-12-7-8-14(18)15(19)10-12/h2-10H,1H3,(H,20,22)(H,21,23). The van der Waals surface area contributed by atoms with E-state index in [1.807, 2.05) is 0 Å². The lowest BCUT2D eigenvalue weighted by Gasteiger charge is -2.09. The van der Waals surface area contributed by atoms with Crippen molar-refractivity contribution in [3.05, 3.63) is 64.7 Å². The molecule has 5 nitrogen and oxygen atoms in total. The molecule has 2 rings (SSSR count). The van der Waals surface area contributed by atoms with Gasteiger partial charge in [0.1, 0.15) is 5.75 Å². The Hall–Kier alpha value is -2.50. The van der Waals surface area contributed by atoms with Crippen LogP contribution in [0.2, 0.25) is 10.0 Å². The summed E-state index contributed by atoms with van der Waals surface area (Å²) >= 11 is 11.7. The number of halogens is 2. The van der Waals surface area contributed by atoms with Crippen molar-refractivity contribution in [1.82, 2.24) is 0 Å². The van der Waals surface area contributed by atoms with Gasteiger partial charge in [0.25, 0.3) is 0 Å². The molecule has 2 amide bonds. The van der Waals surface area contributed by atoms with Gasteiger partial charge in [-0.3, -0.25) is 10.1 Å². The second-order valence-electron chi connectivity index (χ2n) is 4.66. The van der Waals surface area contributed by atoms with E-state index in [1.165, 1.54) is 18.2 Å². The SMILES string of the molecule is CC=CC(=O)Nc1cccc(OC(=O)Nc2ccc(Cl)c(Cl)c2)c1. The van der Waals surface area contributed by atoms with E-state index in [4.69, 9.17) is 27.9 Å². The predicted octanol–water partition coefficient (Wildman–Crippen LogP) is 5.12. The highest BCUT2D eigenvalue weighted by atomic mass is 35.5. The van der Waals surface area contributed by atoms with Crippen molar-refractivity contribution in [1.29, 1.82) is 0 Å². The smallest absolute Gasteiger partial charge is 0.410 e. The molecule has 0 saturated heterocycles. The normalized spacial score (nSPS) is 10.5. The van der Waals surface area contributed by atoms with Gasteiger partial charge in [-0.15, -0.1) is 0 Å². The summed E-state index contributed by atoms with van der Waals surface area (Å²) in [6, 6.07) is 11.2. The molecule has 0 aromatic heterocycles. The molecule has 2 aromatic rings. The number of allylic oxidation sites excluding steroid dienone is 1. The largest absolute Gasteiger partial charge is 0.417 e. The van der Waals surface area contributed by atoms with Crippen molar-refractivity contribution in [2.24, 2.45) is 0 Å². The molecule has 0 bridgehead atoms. The van der Waals surface area contributed by atoms with E-state index < -0.39 is 6.09 Å². The van der Waals surface area contributed by atoms with Crippen molar-refractivity contribution < 1.29 is 14.3 Å². The Labute approximate surface area is 149 Å². The van der Waals surface area contributed by atoms with E-state index in [9.17, 15) is 9.59 Å². The van der Waals surface area contributed by atoms with Crippen molar-refractivity contribution in [2.45, 2.75) is 6.92 Å². The Bertz CT molecular complexity index is 791. The Kier molecular flexibility index (Phi) is 6.23. The van der Waals surface area contributed by atoms with Crippen LogP contribution in [0, 0.1) is 0 Å². The lowest BCUT2D eigenvalue weighted by atomic mass is 10.3. The molecular formula is C17H14Cl2N2O3. The van der Waals surface area contributed by atoms with Gasteiger partial charge in [-0.2, -0.15) is 0 Å². The van der Waals surface area contributed by atoms with Crippen molar-refractivity contribution in [3.8, 4) is 5.75 Å². The van der Waals surface area contributed by atoms with Crippen LogP contribution in [0.3, 0.4) is 0 Å². The van der Waals surface area contributed by atoms with Crippen molar-refractivity contribution in [2.75, 3.05) is 10.6 Å². The Balaban J connectivity index is 2.00. The van der Waals surface area contributed by atoms with Crippen LogP contribution >= 0.6 is 23.2 Å². The molecule has 2 N–H and O–H groups in total. The van der Waals surface area contributed by atoms with E-state index in [0.717, 1.165) is 0 Å². The maximum absolute atomic E-state index is 11.9. The molecule has 0 fully saturated rings. The number of hydrogen-bond acceptors (Lipinski definition) is 3. The molecule has 7 heteroatoms. The molecule has 0 spiro atoms. The maximum atomic E-state index is 11.9. The first-order valence-corrected chi connectivity index (χ1v) is 7.71. The van der Waals surface area contributed by atoms with Crippen LogP contribution in [0.1, 0.15) is 6.92 Å². The lowest BCUT2D eigenvalue weighted by molar-refractivity contribution is -0.111. The molecule has 0 aliphatic carbocycles. The zero-order valence-electron chi connectivity index (χ0n) is 12.7. The van der Waals surface area contributed by atoms with E-state index in [2.05, 4.69) is 10.6 Å². The Morgan fingerprint density at radius 1 is 1.00 bits per heavy atom. The van der Waals surface area contributed by atoms with Crippen LogP contribution in [0.5, 0.6) is 5.75 Å². The van der Waals surface area contributed by atoms with Gasteiger partial charge in [0.2, 0.25) is 5.91 Å². The van der Waals surface area contributed by atoms with Crippen molar-refractivity contribution in [3.63, 3.8) is 0 Å². The average Bonchev–Trinajstić information content (AvgIpc) is 2.51. The Morgan fingerprint density at radius 2 is 1.75 bits per heavy atom. The van der Waals surface area contributed by atoms with Gasteiger partial charge in [0, 0.05) is 17.4 Å². The summed E-state index contributed by atoms with van der Waals surface area (Å²) in [4.78, 5) is 23.4. The third-order valence-corrected chi connectivity index (χ3v) is 3.54. The molecule has 0 aliphatic heterocycles. The first kappa shape index (κ1) is 17.8. The minimum atomic E-state index is -0.690. The fourth-order valence-electron chi connectivity index (χ4n) is 1.80. The topological polar surface area (TPSA) is 67.4 Å². The number of rotatable bonds is 4. The second kappa shape index (κ2) is 8.38. The van der Waals surface area contributed by atoms with Gasteiger partial charge < -0.3 is 10.1 Å². The summed E-state index contributed by atoms with van der Waals surface area (Å²) in [5.41, 5.74) is 0.963. The van der Waals surface area contributed by atoms with Crippen LogP contribution in [-0.2, 0) is 4.79 Å². The molecule has 0 radical (unpaired) electrons. The molecule has 0 aliphatic rings. The third kappa shape index (κ3) is 5.30. The number of nitrogens with one attached hydrogen (secondary N) is 2. The molecule has 0 unspecified atom stereocenters. The summed E-state index contributed by atoms with van der Waals surface area (Å²) in [6.45, 7) is 1.74. The number of carbonyl (C=O) groups is 2. The molecule has 2 aromatic carbocycles. The monoisotopic (exact) mass is 364 g/mol. The molecule has 124 valence electrons. The summed E-state index contributed by atoms with van der Waals surface area (Å²) < 4.78 is 5.18. The van der Waals surface area contributed by atoms with Gasteiger partial charge >= 0.3 is 6.09 Å². The molecule has 0 atom stereocenters. The van der Waals surface area contributed by atoms with E-state index >= 15 is 0 Å². The highest BCUT2D eigenvalue weighted by Gasteiger charge is 2.08. The lowest BCUT2D eigenvalue weighted by Crippen LogP contribution is -2.17. The first-order valence-electron chi connectivity index (χ1n) is 6.95. The highest BCUT2D eigenvalue weighted by molar-refractivity contribution is 6.42. The van der Waals surface area contributed by atoms with Crippen LogP contribution in [0.25, 0.3) is 0 Å². The van der Waals surface area contributed by atoms with Crippen LogP contribution in [0.4, 0.5) is 16.2 Å². The molecular weight excluding hydrogens is 351 g/mol. The van der Waals surface area contributed by atoms with Gasteiger partial charge in [-0.25, -0.2) is 4.79 Å². The van der Waals surface area contributed by atoms with Gasteiger partial charge in [-0.1, -0.05) is 35.3 Å². The van der Waals surface area contributed by atoms with E-state index in [1.54, 1.807) is 43.3 Å².